The summed E-state index contributed by atoms with van der Waals surface area (Å²) < 4.78 is 5.48. The summed E-state index contributed by atoms with van der Waals surface area (Å²) in [6.45, 7) is 5.61. The number of carbonyl (C=O) groups excluding carboxylic acids is 1. The number of aromatic hydroxyl groups is 1. The molecular formula is C22H26N2O4. The van der Waals surface area contributed by atoms with Crippen LogP contribution in [0, 0.1) is 11.8 Å². The Morgan fingerprint density at radius 1 is 1.36 bits per heavy atom. The van der Waals surface area contributed by atoms with Crippen LogP contribution in [0.2, 0.25) is 0 Å². The molecule has 1 fully saturated rings. The topological polar surface area (TPSA) is 85.9 Å². The molecule has 3 N–H and O–H groups in total. The molecule has 28 heavy (non-hydrogen) atoms. The second-order valence-corrected chi connectivity index (χ2v) is 7.69. The number of rotatable bonds is 4. The molecule has 6 nitrogen and oxygen atoms in total. The van der Waals surface area contributed by atoms with Crippen molar-refractivity contribution in [2.24, 2.45) is 0 Å². The summed E-state index contributed by atoms with van der Waals surface area (Å²) in [5.74, 6) is 5.95. The number of phenols is 1. The number of nitrogens with one attached hydrogen (secondary N) is 1. The van der Waals surface area contributed by atoms with E-state index in [0.717, 1.165) is 38.0 Å². The summed E-state index contributed by atoms with van der Waals surface area (Å²) in [7, 11) is 0. The Morgan fingerprint density at radius 3 is 2.93 bits per heavy atom. The van der Waals surface area contributed by atoms with Gasteiger partial charge in [0, 0.05) is 19.1 Å². The van der Waals surface area contributed by atoms with E-state index in [1.807, 2.05) is 12.1 Å². The van der Waals surface area contributed by atoms with Crippen molar-refractivity contribution in [3.05, 3.63) is 53.5 Å². The molecule has 148 valence electrons. The van der Waals surface area contributed by atoms with Crippen LogP contribution in [-0.4, -0.2) is 45.8 Å². The van der Waals surface area contributed by atoms with E-state index < -0.39 is 5.60 Å². The Morgan fingerprint density at radius 2 is 2.18 bits per heavy atom. The monoisotopic (exact) mass is 382 g/mol. The number of carbonyl (C=O) groups is 1. The van der Waals surface area contributed by atoms with Gasteiger partial charge in [0.15, 0.2) is 11.5 Å². The first-order chi connectivity index (χ1) is 13.3. The van der Waals surface area contributed by atoms with Gasteiger partial charge in [-0.3, -0.25) is 9.69 Å². The zero-order valence-electron chi connectivity index (χ0n) is 16.2. The molecule has 1 aromatic carbocycles. The van der Waals surface area contributed by atoms with E-state index in [1.165, 1.54) is 0 Å². The van der Waals surface area contributed by atoms with Crippen molar-refractivity contribution >= 4 is 5.91 Å². The van der Waals surface area contributed by atoms with Gasteiger partial charge >= 0.3 is 0 Å². The third-order valence-electron chi connectivity index (χ3n) is 4.48. The highest BCUT2D eigenvalue weighted by Crippen LogP contribution is 2.17. The molecule has 0 bridgehead atoms. The number of phenolic OH excluding ortho intramolecular Hbond substituents is 1. The van der Waals surface area contributed by atoms with Crippen LogP contribution < -0.4 is 5.32 Å². The third kappa shape index (κ3) is 5.88. The maximum atomic E-state index is 12.5. The lowest BCUT2D eigenvalue weighted by molar-refractivity contribution is 0.0872. The van der Waals surface area contributed by atoms with Crippen LogP contribution in [0.4, 0.5) is 0 Å². The molecule has 0 unspecified atom stereocenters. The highest BCUT2D eigenvalue weighted by molar-refractivity contribution is 5.91. The van der Waals surface area contributed by atoms with Gasteiger partial charge in [-0.1, -0.05) is 18.1 Å². The number of nitrogens with zero attached hydrogens (tertiary/aromatic N) is 1. The van der Waals surface area contributed by atoms with Crippen LogP contribution in [0.15, 0.2) is 40.8 Å². The summed E-state index contributed by atoms with van der Waals surface area (Å²) in [6, 6.07) is 10.5. The summed E-state index contributed by atoms with van der Waals surface area (Å²) in [4.78, 5) is 14.8. The quantitative estimate of drug-likeness (QED) is 0.708. The number of hydrogen-bond acceptors (Lipinski definition) is 5. The maximum absolute atomic E-state index is 12.5. The van der Waals surface area contributed by atoms with E-state index in [2.05, 4.69) is 22.1 Å². The normalized spacial score (nSPS) is 17.6. The number of likely N-dealkylation sites (tertiary alicyclic amines) is 1. The molecule has 1 aliphatic heterocycles. The Kier molecular flexibility index (Phi) is 6.08. The summed E-state index contributed by atoms with van der Waals surface area (Å²) in [5.41, 5.74) is -0.0657. The minimum atomic E-state index is -1.11. The van der Waals surface area contributed by atoms with Gasteiger partial charge in [-0.05, 0) is 69.0 Å². The lowest BCUT2D eigenvalue weighted by Gasteiger charge is -2.33. The van der Waals surface area contributed by atoms with Gasteiger partial charge in [0.25, 0.3) is 5.91 Å². The van der Waals surface area contributed by atoms with Crippen LogP contribution in [0.5, 0.6) is 5.75 Å². The Hall–Kier alpha value is -2.75. The molecule has 2 aromatic rings. The zero-order valence-corrected chi connectivity index (χ0v) is 16.2. The van der Waals surface area contributed by atoms with Crippen molar-refractivity contribution < 1.29 is 19.4 Å². The predicted molar refractivity (Wildman–Crippen MR) is 106 cm³/mol. The van der Waals surface area contributed by atoms with Gasteiger partial charge in [-0.2, -0.15) is 0 Å². The first-order valence-electron chi connectivity index (χ1n) is 9.45. The van der Waals surface area contributed by atoms with Crippen LogP contribution >= 0.6 is 0 Å². The second-order valence-electron chi connectivity index (χ2n) is 7.69. The van der Waals surface area contributed by atoms with Crippen LogP contribution in [0.3, 0.4) is 0 Å². The highest BCUT2D eigenvalue weighted by Gasteiger charge is 2.23. The maximum Gasteiger partial charge on any atom is 0.287 e. The van der Waals surface area contributed by atoms with Gasteiger partial charge in [0.1, 0.15) is 11.4 Å². The van der Waals surface area contributed by atoms with E-state index in [4.69, 9.17) is 4.42 Å². The minimum Gasteiger partial charge on any atom is -0.508 e. The Labute approximate surface area is 165 Å². The molecule has 1 atom stereocenters. The van der Waals surface area contributed by atoms with Crippen molar-refractivity contribution in [1.82, 2.24) is 10.2 Å². The van der Waals surface area contributed by atoms with E-state index >= 15 is 0 Å². The van der Waals surface area contributed by atoms with Gasteiger partial charge in [0.2, 0.25) is 0 Å². The summed E-state index contributed by atoms with van der Waals surface area (Å²) in [6.07, 6.45) is 1.90. The van der Waals surface area contributed by atoms with Gasteiger partial charge in [-0.25, -0.2) is 0 Å². The fraction of sp³-hybridized carbons (Fsp3) is 0.409. The van der Waals surface area contributed by atoms with Crippen molar-refractivity contribution in [3.63, 3.8) is 0 Å². The lowest BCUT2D eigenvalue weighted by Crippen LogP contribution is -2.47. The molecule has 1 aliphatic rings. The van der Waals surface area contributed by atoms with Gasteiger partial charge in [-0.15, -0.1) is 0 Å². The largest absolute Gasteiger partial charge is 0.508 e. The number of furan rings is 1. The number of piperidine rings is 1. The highest BCUT2D eigenvalue weighted by atomic mass is 16.3. The van der Waals surface area contributed by atoms with Crippen molar-refractivity contribution in [3.8, 4) is 17.6 Å². The molecular weight excluding hydrogens is 356 g/mol. The van der Waals surface area contributed by atoms with E-state index in [-0.39, 0.29) is 23.5 Å². The Balaban J connectivity index is 1.56. The molecule has 1 amide bonds. The van der Waals surface area contributed by atoms with E-state index in [1.54, 1.807) is 38.1 Å². The summed E-state index contributed by atoms with van der Waals surface area (Å²) in [5, 5.41) is 22.3. The molecule has 0 radical (unpaired) electrons. The smallest absolute Gasteiger partial charge is 0.287 e. The first kappa shape index (κ1) is 20.0. The fourth-order valence-electron chi connectivity index (χ4n) is 3.23. The van der Waals surface area contributed by atoms with Gasteiger partial charge in [0.05, 0.1) is 0 Å². The van der Waals surface area contributed by atoms with Crippen molar-refractivity contribution in [2.75, 3.05) is 13.1 Å². The lowest BCUT2D eigenvalue weighted by atomic mass is 10.0. The van der Waals surface area contributed by atoms with Crippen molar-refractivity contribution in [1.29, 1.82) is 0 Å². The number of benzene rings is 1. The fourth-order valence-corrected chi connectivity index (χ4v) is 3.23. The van der Waals surface area contributed by atoms with Crippen molar-refractivity contribution in [2.45, 2.75) is 44.9 Å². The molecule has 1 aromatic heterocycles. The number of aliphatic hydroxyl groups is 1. The second kappa shape index (κ2) is 8.51. The molecule has 6 heteroatoms. The summed E-state index contributed by atoms with van der Waals surface area (Å²) >= 11 is 0. The molecule has 0 saturated carbocycles. The molecule has 1 saturated heterocycles. The Bertz CT molecular complexity index is 886. The number of hydrogen-bond donors (Lipinski definition) is 3. The van der Waals surface area contributed by atoms with Crippen LogP contribution in [0.1, 0.15) is 48.6 Å². The third-order valence-corrected chi connectivity index (χ3v) is 4.48. The number of amides is 1. The molecule has 0 spiro atoms. The van der Waals surface area contributed by atoms with E-state index in [9.17, 15) is 15.0 Å². The van der Waals surface area contributed by atoms with E-state index in [0.29, 0.717) is 5.76 Å². The molecule has 3 rings (SSSR count). The first-order valence-corrected chi connectivity index (χ1v) is 9.45. The predicted octanol–water partition coefficient (Wildman–Crippen LogP) is 2.50. The molecule has 0 aliphatic carbocycles. The zero-order chi connectivity index (χ0) is 20.1. The average Bonchev–Trinajstić information content (AvgIpc) is 3.09. The van der Waals surface area contributed by atoms with Crippen LogP contribution in [0.25, 0.3) is 0 Å². The SMILES string of the molecule is CC(C)(O)C#Cc1ccc(C(=O)N[C@H]2CCCN(Cc3cccc(O)c3)C2)o1. The van der Waals surface area contributed by atoms with Gasteiger partial charge < -0.3 is 19.9 Å². The van der Waals surface area contributed by atoms with Crippen LogP contribution in [-0.2, 0) is 6.54 Å². The molecule has 2 heterocycles. The minimum absolute atomic E-state index is 0.0366. The standard InChI is InChI=1S/C22H26N2O4/c1-22(2,27)11-10-19-8-9-20(28-19)21(26)23-17-6-4-12-24(15-17)14-16-5-3-7-18(25)13-16/h3,5,7-9,13,17,25,27H,4,6,12,14-15H2,1-2H3,(H,23,26)/t17-/m0/s1. The average molecular weight is 382 g/mol.